The molecule has 0 fully saturated rings. The van der Waals surface area contributed by atoms with E-state index in [0.29, 0.717) is 13.0 Å². The van der Waals surface area contributed by atoms with Crippen LogP contribution in [0.5, 0.6) is 0 Å². The van der Waals surface area contributed by atoms with Crippen molar-refractivity contribution >= 4 is 11.9 Å². The van der Waals surface area contributed by atoms with Crippen molar-refractivity contribution in [2.75, 3.05) is 13.6 Å². The Morgan fingerprint density at radius 3 is 1.81 bits per heavy atom. The first-order valence-electron chi connectivity index (χ1n) is 10.7. The molecule has 152 valence electrons. The highest BCUT2D eigenvalue weighted by molar-refractivity contribution is 5.85. The van der Waals surface area contributed by atoms with Gasteiger partial charge >= 0.3 is 11.9 Å². The van der Waals surface area contributed by atoms with E-state index < -0.39 is 5.97 Å². The Hall–Kier alpha value is -1.16. The average Bonchev–Trinajstić information content (AvgIpc) is 2.63. The molecule has 0 spiro atoms. The van der Waals surface area contributed by atoms with Gasteiger partial charge in [0.15, 0.2) is 0 Å². The van der Waals surface area contributed by atoms with Crippen LogP contribution in [0, 0.1) is 0 Å². The lowest BCUT2D eigenvalue weighted by Gasteiger charge is -2.03. The molecule has 0 saturated heterocycles. The summed E-state index contributed by atoms with van der Waals surface area (Å²) in [6.07, 6.45) is 21.2. The standard InChI is InChI=1S/C22H41NO3/c1-3-4-5-6-7-8-9-10-11-12-13-14-15-16-17-18-21(24)26-22(25)19-20-23-2/h10-11,23H,3-9,12-20H2,1-2H3/b11-10-. The van der Waals surface area contributed by atoms with Crippen LogP contribution in [-0.2, 0) is 14.3 Å². The lowest BCUT2D eigenvalue weighted by Crippen LogP contribution is -2.17. The molecule has 0 aromatic rings. The number of esters is 2. The number of unbranched alkanes of at least 4 members (excludes halogenated alkanes) is 11. The van der Waals surface area contributed by atoms with E-state index in [1.54, 1.807) is 7.05 Å². The summed E-state index contributed by atoms with van der Waals surface area (Å²) >= 11 is 0. The number of carbonyl (C=O) groups excluding carboxylic acids is 2. The van der Waals surface area contributed by atoms with E-state index >= 15 is 0 Å². The van der Waals surface area contributed by atoms with Crippen LogP contribution in [0.25, 0.3) is 0 Å². The maximum absolute atomic E-state index is 11.5. The molecular formula is C22H41NO3. The SMILES string of the molecule is CCCCCCCC/C=C\CCCCCCCC(=O)OC(=O)CCNC. The summed E-state index contributed by atoms with van der Waals surface area (Å²) in [5, 5.41) is 2.85. The number of carbonyl (C=O) groups is 2. The first-order valence-corrected chi connectivity index (χ1v) is 10.7. The zero-order chi connectivity index (χ0) is 19.3. The number of hydrogen-bond donors (Lipinski definition) is 1. The van der Waals surface area contributed by atoms with Crippen LogP contribution in [0.1, 0.15) is 103 Å². The fourth-order valence-electron chi connectivity index (χ4n) is 2.80. The zero-order valence-corrected chi connectivity index (χ0v) is 17.2. The monoisotopic (exact) mass is 367 g/mol. The fraction of sp³-hybridized carbons (Fsp3) is 0.818. The number of rotatable bonds is 18. The highest BCUT2D eigenvalue weighted by Gasteiger charge is 2.09. The highest BCUT2D eigenvalue weighted by atomic mass is 16.6. The maximum atomic E-state index is 11.5. The van der Waals surface area contributed by atoms with Gasteiger partial charge < -0.3 is 10.1 Å². The molecule has 1 N–H and O–H groups in total. The van der Waals surface area contributed by atoms with Gasteiger partial charge in [0.05, 0.1) is 6.42 Å². The third-order valence-electron chi connectivity index (χ3n) is 4.45. The molecule has 0 aliphatic heterocycles. The molecule has 4 heteroatoms. The molecule has 0 aliphatic rings. The van der Waals surface area contributed by atoms with Crippen LogP contribution >= 0.6 is 0 Å². The third kappa shape index (κ3) is 19.2. The Balaban J connectivity index is 3.29. The molecule has 0 saturated carbocycles. The largest absolute Gasteiger partial charge is 0.393 e. The van der Waals surface area contributed by atoms with E-state index in [1.807, 2.05) is 0 Å². The number of ether oxygens (including phenoxy) is 1. The minimum atomic E-state index is -0.433. The summed E-state index contributed by atoms with van der Waals surface area (Å²) in [6, 6.07) is 0. The van der Waals surface area contributed by atoms with Gasteiger partial charge in [0.25, 0.3) is 0 Å². The molecule has 0 unspecified atom stereocenters. The topological polar surface area (TPSA) is 55.4 Å². The van der Waals surface area contributed by atoms with Crippen molar-refractivity contribution in [2.45, 2.75) is 103 Å². The van der Waals surface area contributed by atoms with Crippen LogP contribution in [0.2, 0.25) is 0 Å². The number of allylic oxidation sites excluding steroid dienone is 2. The van der Waals surface area contributed by atoms with Gasteiger partial charge in [-0.3, -0.25) is 9.59 Å². The first-order chi connectivity index (χ1) is 12.7. The van der Waals surface area contributed by atoms with Crippen molar-refractivity contribution in [1.82, 2.24) is 5.32 Å². The normalized spacial score (nSPS) is 11.2. The molecule has 4 nitrogen and oxygen atoms in total. The second-order valence-corrected chi connectivity index (χ2v) is 7.03. The van der Waals surface area contributed by atoms with Gasteiger partial charge in [0.1, 0.15) is 0 Å². The molecule has 0 atom stereocenters. The first kappa shape index (κ1) is 24.8. The fourth-order valence-corrected chi connectivity index (χ4v) is 2.80. The maximum Gasteiger partial charge on any atom is 0.314 e. The average molecular weight is 368 g/mol. The Morgan fingerprint density at radius 1 is 0.731 bits per heavy atom. The van der Waals surface area contributed by atoms with Crippen molar-refractivity contribution < 1.29 is 14.3 Å². The summed E-state index contributed by atoms with van der Waals surface area (Å²) in [5.74, 6) is -0.819. The molecular weight excluding hydrogens is 326 g/mol. The lowest BCUT2D eigenvalue weighted by atomic mass is 10.1. The summed E-state index contributed by atoms with van der Waals surface area (Å²) in [5.41, 5.74) is 0. The van der Waals surface area contributed by atoms with Crippen LogP contribution in [0.4, 0.5) is 0 Å². The van der Waals surface area contributed by atoms with E-state index in [1.165, 1.54) is 57.8 Å². The molecule has 0 aromatic carbocycles. The summed E-state index contributed by atoms with van der Waals surface area (Å²) < 4.78 is 4.74. The molecule has 0 radical (unpaired) electrons. The van der Waals surface area contributed by atoms with E-state index in [-0.39, 0.29) is 12.4 Å². The molecule has 0 aromatic heterocycles. The third-order valence-corrected chi connectivity index (χ3v) is 4.45. The van der Waals surface area contributed by atoms with Gasteiger partial charge in [-0.2, -0.15) is 0 Å². The Labute approximate surface area is 161 Å². The van der Waals surface area contributed by atoms with Crippen molar-refractivity contribution in [3.63, 3.8) is 0 Å². The van der Waals surface area contributed by atoms with Gasteiger partial charge in [0.2, 0.25) is 0 Å². The lowest BCUT2D eigenvalue weighted by molar-refractivity contribution is -0.159. The molecule has 0 bridgehead atoms. The Morgan fingerprint density at radius 2 is 1.23 bits per heavy atom. The van der Waals surface area contributed by atoms with Crippen LogP contribution in [0.15, 0.2) is 12.2 Å². The van der Waals surface area contributed by atoms with Crippen LogP contribution in [0.3, 0.4) is 0 Å². The van der Waals surface area contributed by atoms with Crippen molar-refractivity contribution in [3.8, 4) is 0 Å². The van der Waals surface area contributed by atoms with Crippen LogP contribution in [-0.4, -0.2) is 25.5 Å². The van der Waals surface area contributed by atoms with Gasteiger partial charge in [-0.1, -0.05) is 70.4 Å². The van der Waals surface area contributed by atoms with Gasteiger partial charge in [-0.05, 0) is 39.2 Å². The molecule has 26 heavy (non-hydrogen) atoms. The zero-order valence-electron chi connectivity index (χ0n) is 17.2. The van der Waals surface area contributed by atoms with Crippen molar-refractivity contribution in [2.24, 2.45) is 0 Å². The van der Waals surface area contributed by atoms with Gasteiger partial charge in [-0.15, -0.1) is 0 Å². The quantitative estimate of drug-likeness (QED) is 0.146. The smallest absolute Gasteiger partial charge is 0.314 e. The number of hydrogen-bond acceptors (Lipinski definition) is 4. The van der Waals surface area contributed by atoms with E-state index in [0.717, 1.165) is 25.7 Å². The molecule has 0 heterocycles. The molecule has 0 aliphatic carbocycles. The Kier molecular flexibility index (Phi) is 19.3. The highest BCUT2D eigenvalue weighted by Crippen LogP contribution is 2.10. The predicted molar refractivity (Wildman–Crippen MR) is 109 cm³/mol. The summed E-state index contributed by atoms with van der Waals surface area (Å²) in [4.78, 5) is 22.8. The van der Waals surface area contributed by atoms with Crippen LogP contribution < -0.4 is 5.32 Å². The molecule has 0 amide bonds. The Bertz CT molecular complexity index is 366. The summed E-state index contributed by atoms with van der Waals surface area (Å²) in [7, 11) is 1.76. The second kappa shape index (κ2) is 20.2. The number of nitrogens with one attached hydrogen (secondary N) is 1. The van der Waals surface area contributed by atoms with Gasteiger partial charge in [-0.25, -0.2) is 0 Å². The van der Waals surface area contributed by atoms with Crippen molar-refractivity contribution in [3.05, 3.63) is 12.2 Å². The van der Waals surface area contributed by atoms with E-state index in [4.69, 9.17) is 4.74 Å². The minimum absolute atomic E-state index is 0.245. The second-order valence-electron chi connectivity index (χ2n) is 7.03. The predicted octanol–water partition coefficient (Wildman–Crippen LogP) is 5.70. The summed E-state index contributed by atoms with van der Waals surface area (Å²) in [6.45, 7) is 2.80. The van der Waals surface area contributed by atoms with E-state index in [9.17, 15) is 9.59 Å². The molecule has 0 rings (SSSR count). The van der Waals surface area contributed by atoms with Gasteiger partial charge in [0, 0.05) is 13.0 Å². The van der Waals surface area contributed by atoms with E-state index in [2.05, 4.69) is 24.4 Å². The van der Waals surface area contributed by atoms with Crippen molar-refractivity contribution in [1.29, 1.82) is 0 Å². The minimum Gasteiger partial charge on any atom is -0.393 e.